The molecule has 0 unspecified atom stereocenters. The molecule has 0 saturated heterocycles. The van der Waals surface area contributed by atoms with Crippen molar-refractivity contribution in [3.8, 4) is 0 Å². The van der Waals surface area contributed by atoms with Crippen LogP contribution in [-0.2, 0) is 15.1 Å². The maximum absolute atomic E-state index is 12.0. The monoisotopic (exact) mass is 232 g/mol. The van der Waals surface area contributed by atoms with Gasteiger partial charge in [-0.2, -0.15) is 0 Å². The molecule has 1 aromatic carbocycles. The van der Waals surface area contributed by atoms with Crippen molar-refractivity contribution in [3.63, 3.8) is 0 Å². The Balaban J connectivity index is 2.49. The Morgan fingerprint density at radius 2 is 1.94 bits per heavy atom. The van der Waals surface area contributed by atoms with Crippen molar-refractivity contribution in [1.82, 2.24) is 5.32 Å². The van der Waals surface area contributed by atoms with Crippen molar-refractivity contribution in [2.75, 3.05) is 7.11 Å². The van der Waals surface area contributed by atoms with Gasteiger partial charge < -0.3 is 10.1 Å². The number of nitrogens with zero attached hydrogens (tertiary/aromatic N) is 1. The molecule has 4 nitrogen and oxygen atoms in total. The highest BCUT2D eigenvalue weighted by Gasteiger charge is 2.54. The predicted octanol–water partition coefficient (Wildman–Crippen LogP) is 1.46. The quantitative estimate of drug-likeness (QED) is 0.785. The molecule has 0 saturated carbocycles. The van der Waals surface area contributed by atoms with E-state index in [1.807, 2.05) is 37.3 Å². The normalized spacial score (nSPS) is 31.0. The minimum absolute atomic E-state index is 0.318. The highest BCUT2D eigenvalue weighted by atomic mass is 16.5. The van der Waals surface area contributed by atoms with Crippen LogP contribution in [0, 0.1) is 0 Å². The summed E-state index contributed by atoms with van der Waals surface area (Å²) in [6.45, 7) is 3.73. The second-order valence-electron chi connectivity index (χ2n) is 4.46. The molecule has 0 bridgehead atoms. The van der Waals surface area contributed by atoms with Gasteiger partial charge in [0.05, 0.1) is 13.4 Å². The smallest absolute Gasteiger partial charge is 0.334 e. The SMILES string of the molecule is COC(=O)[C@]1(C)NC=N[C@@]1(C)c1ccccc1. The van der Waals surface area contributed by atoms with Gasteiger partial charge in [0.2, 0.25) is 0 Å². The van der Waals surface area contributed by atoms with Gasteiger partial charge in [-0.3, -0.25) is 4.99 Å². The molecule has 0 aromatic heterocycles. The van der Waals surface area contributed by atoms with Crippen LogP contribution in [0.2, 0.25) is 0 Å². The molecule has 90 valence electrons. The van der Waals surface area contributed by atoms with Gasteiger partial charge in [0.25, 0.3) is 0 Å². The van der Waals surface area contributed by atoms with Crippen molar-refractivity contribution in [3.05, 3.63) is 35.9 Å². The number of methoxy groups -OCH3 is 1. The van der Waals surface area contributed by atoms with E-state index in [9.17, 15) is 4.79 Å². The summed E-state index contributed by atoms with van der Waals surface area (Å²) >= 11 is 0. The summed E-state index contributed by atoms with van der Waals surface area (Å²) in [6, 6.07) is 9.74. The lowest BCUT2D eigenvalue weighted by atomic mass is 9.76. The molecule has 1 N–H and O–H groups in total. The number of nitrogens with one attached hydrogen (secondary N) is 1. The van der Waals surface area contributed by atoms with Crippen LogP contribution in [0.3, 0.4) is 0 Å². The number of rotatable bonds is 2. The Bertz CT molecular complexity index is 458. The standard InChI is InChI=1S/C13H16N2O2/c1-12(10-7-5-4-6-8-10)13(2,11(16)17-3)15-9-14-12/h4-9H,1-3H3,(H,14,15)/t12-,13-/m0/s1. The Morgan fingerprint density at radius 1 is 1.29 bits per heavy atom. The molecule has 1 aromatic rings. The lowest BCUT2D eigenvalue weighted by molar-refractivity contribution is -0.149. The van der Waals surface area contributed by atoms with Crippen LogP contribution in [0.5, 0.6) is 0 Å². The summed E-state index contributed by atoms with van der Waals surface area (Å²) in [5.74, 6) is -0.318. The second-order valence-corrected chi connectivity index (χ2v) is 4.46. The number of carbonyl (C=O) groups excluding carboxylic acids is 1. The summed E-state index contributed by atoms with van der Waals surface area (Å²) in [6.07, 6.45) is 1.57. The highest BCUT2D eigenvalue weighted by molar-refractivity contribution is 5.88. The molecule has 1 aliphatic heterocycles. The lowest BCUT2D eigenvalue weighted by Crippen LogP contribution is -2.58. The first-order valence-corrected chi connectivity index (χ1v) is 5.50. The fourth-order valence-corrected chi connectivity index (χ4v) is 2.15. The average molecular weight is 232 g/mol. The number of ether oxygens (including phenoxy) is 1. The maximum atomic E-state index is 12.0. The second kappa shape index (κ2) is 3.87. The largest absolute Gasteiger partial charge is 0.467 e. The minimum atomic E-state index is -0.872. The first kappa shape index (κ1) is 11.6. The zero-order chi connectivity index (χ0) is 12.5. The first-order valence-electron chi connectivity index (χ1n) is 5.50. The van der Waals surface area contributed by atoms with Gasteiger partial charge in [-0.25, -0.2) is 4.79 Å². The van der Waals surface area contributed by atoms with Crippen LogP contribution in [0.15, 0.2) is 35.3 Å². The van der Waals surface area contributed by atoms with E-state index in [0.717, 1.165) is 5.56 Å². The van der Waals surface area contributed by atoms with Crippen LogP contribution in [-0.4, -0.2) is 25.0 Å². The van der Waals surface area contributed by atoms with Gasteiger partial charge >= 0.3 is 5.97 Å². The van der Waals surface area contributed by atoms with Crippen molar-refractivity contribution in [2.24, 2.45) is 4.99 Å². The molecule has 0 fully saturated rings. The van der Waals surface area contributed by atoms with E-state index in [1.165, 1.54) is 7.11 Å². The van der Waals surface area contributed by atoms with Crippen molar-refractivity contribution < 1.29 is 9.53 Å². The van der Waals surface area contributed by atoms with Gasteiger partial charge in [0.1, 0.15) is 5.54 Å². The van der Waals surface area contributed by atoms with Gasteiger partial charge in [0.15, 0.2) is 5.54 Å². The van der Waals surface area contributed by atoms with E-state index in [-0.39, 0.29) is 5.97 Å². The molecule has 1 heterocycles. The molecule has 0 aliphatic carbocycles. The maximum Gasteiger partial charge on any atom is 0.334 e. The Labute approximate surface area is 101 Å². The molecule has 2 rings (SSSR count). The topological polar surface area (TPSA) is 50.7 Å². The Kier molecular flexibility index (Phi) is 2.65. The molecule has 0 amide bonds. The van der Waals surface area contributed by atoms with Gasteiger partial charge in [0, 0.05) is 0 Å². The Hall–Kier alpha value is -1.84. The van der Waals surface area contributed by atoms with Crippen molar-refractivity contribution in [1.29, 1.82) is 0 Å². The van der Waals surface area contributed by atoms with Gasteiger partial charge in [-0.05, 0) is 19.4 Å². The zero-order valence-electron chi connectivity index (χ0n) is 10.2. The Morgan fingerprint density at radius 3 is 2.53 bits per heavy atom. The highest BCUT2D eigenvalue weighted by Crippen LogP contribution is 2.39. The van der Waals surface area contributed by atoms with E-state index in [1.54, 1.807) is 13.3 Å². The summed E-state index contributed by atoms with van der Waals surface area (Å²) in [4.78, 5) is 16.4. The molecular weight excluding hydrogens is 216 g/mol. The average Bonchev–Trinajstić information content (AvgIpc) is 2.68. The van der Waals surface area contributed by atoms with E-state index >= 15 is 0 Å². The van der Waals surface area contributed by atoms with E-state index in [2.05, 4.69) is 10.3 Å². The molecule has 0 spiro atoms. The summed E-state index contributed by atoms with van der Waals surface area (Å²) < 4.78 is 4.87. The van der Waals surface area contributed by atoms with Crippen LogP contribution < -0.4 is 5.32 Å². The van der Waals surface area contributed by atoms with E-state index in [4.69, 9.17) is 4.74 Å². The lowest BCUT2D eigenvalue weighted by Gasteiger charge is -2.36. The van der Waals surface area contributed by atoms with Crippen molar-refractivity contribution in [2.45, 2.75) is 24.9 Å². The van der Waals surface area contributed by atoms with E-state index in [0.29, 0.717) is 0 Å². The third kappa shape index (κ3) is 1.52. The predicted molar refractivity (Wildman–Crippen MR) is 65.8 cm³/mol. The molecule has 4 heteroatoms. The summed E-state index contributed by atoms with van der Waals surface area (Å²) in [7, 11) is 1.39. The number of hydrogen-bond acceptors (Lipinski definition) is 4. The van der Waals surface area contributed by atoms with E-state index < -0.39 is 11.1 Å². The summed E-state index contributed by atoms with van der Waals surface area (Å²) in [5, 5.41) is 3.01. The number of esters is 1. The molecule has 1 aliphatic rings. The third-order valence-electron chi connectivity index (χ3n) is 3.58. The number of hydrogen-bond donors (Lipinski definition) is 1. The van der Waals surface area contributed by atoms with Gasteiger partial charge in [-0.1, -0.05) is 30.3 Å². The summed E-state index contributed by atoms with van der Waals surface area (Å²) in [5.41, 5.74) is -0.543. The molecule has 17 heavy (non-hydrogen) atoms. The molecule has 0 radical (unpaired) electrons. The van der Waals surface area contributed by atoms with Crippen LogP contribution >= 0.6 is 0 Å². The van der Waals surface area contributed by atoms with Crippen LogP contribution in [0.25, 0.3) is 0 Å². The molecular formula is C13H16N2O2. The minimum Gasteiger partial charge on any atom is -0.467 e. The van der Waals surface area contributed by atoms with Crippen LogP contribution in [0.1, 0.15) is 19.4 Å². The van der Waals surface area contributed by atoms with Crippen molar-refractivity contribution >= 4 is 12.3 Å². The molecule has 2 atom stereocenters. The zero-order valence-corrected chi connectivity index (χ0v) is 10.2. The van der Waals surface area contributed by atoms with Crippen LogP contribution in [0.4, 0.5) is 0 Å². The fraction of sp³-hybridized carbons (Fsp3) is 0.385. The number of carbonyl (C=O) groups is 1. The number of aliphatic imine (C=N–C) groups is 1. The first-order chi connectivity index (χ1) is 8.04. The van der Waals surface area contributed by atoms with Gasteiger partial charge in [-0.15, -0.1) is 0 Å². The fourth-order valence-electron chi connectivity index (χ4n) is 2.15. The third-order valence-corrected chi connectivity index (χ3v) is 3.58. The number of benzene rings is 1.